The molecule has 0 fully saturated rings. The van der Waals surface area contributed by atoms with Crippen LogP contribution in [-0.4, -0.2) is 13.4 Å². The molecule has 0 aliphatic heterocycles. The number of hydrogen-bond donors (Lipinski definition) is 2. The number of nitrogens with one attached hydrogen (secondary N) is 2. The lowest BCUT2D eigenvalue weighted by molar-refractivity contribution is 0.601. The Morgan fingerprint density at radius 2 is 1.76 bits per heavy atom. The van der Waals surface area contributed by atoms with Crippen LogP contribution < -0.4 is 10.0 Å². The molecule has 0 saturated heterocycles. The van der Waals surface area contributed by atoms with Gasteiger partial charge in [0.15, 0.2) is 0 Å². The first kappa shape index (κ1) is 17.2. The molecule has 3 rings (SSSR count). The summed E-state index contributed by atoms with van der Waals surface area (Å²) in [4.78, 5) is 4.17. The number of hydrogen-bond acceptors (Lipinski definition) is 4. The average Bonchev–Trinajstić information content (AvgIpc) is 2.56. The van der Waals surface area contributed by atoms with E-state index in [1.54, 1.807) is 36.4 Å². The van der Waals surface area contributed by atoms with Crippen LogP contribution in [-0.2, 0) is 10.0 Å². The van der Waals surface area contributed by atoms with Crippen molar-refractivity contribution >= 4 is 38.8 Å². The molecule has 0 saturated carbocycles. The maximum atomic E-state index is 13.2. The topological polar surface area (TPSA) is 71.1 Å². The lowest BCUT2D eigenvalue weighted by atomic mass is 10.3. The van der Waals surface area contributed by atoms with Crippen molar-refractivity contribution in [1.82, 2.24) is 4.98 Å². The Labute approximate surface area is 149 Å². The summed E-state index contributed by atoms with van der Waals surface area (Å²) in [6, 6.07) is 15.0. The second-order valence-corrected chi connectivity index (χ2v) is 7.25. The third kappa shape index (κ3) is 4.46. The fraction of sp³-hybridized carbons (Fsp3) is 0. The van der Waals surface area contributed by atoms with E-state index in [0.29, 0.717) is 22.2 Å². The van der Waals surface area contributed by atoms with Crippen LogP contribution in [0.25, 0.3) is 0 Å². The van der Waals surface area contributed by atoms with E-state index in [4.69, 9.17) is 11.6 Å². The molecule has 0 aliphatic carbocycles. The number of rotatable bonds is 5. The molecular formula is C17H13ClFN3O2S. The summed E-state index contributed by atoms with van der Waals surface area (Å²) in [6.07, 6.45) is 1.36. The van der Waals surface area contributed by atoms with Gasteiger partial charge in [0, 0.05) is 10.7 Å². The van der Waals surface area contributed by atoms with Gasteiger partial charge in [-0.25, -0.2) is 17.8 Å². The minimum atomic E-state index is -3.76. The van der Waals surface area contributed by atoms with E-state index in [0.717, 1.165) is 0 Å². The molecule has 5 nitrogen and oxygen atoms in total. The number of anilines is 3. The fourth-order valence-electron chi connectivity index (χ4n) is 2.09. The molecule has 0 amide bonds. The standard InChI is InChI=1S/C17H13ClFN3O2S/c18-12-3-1-6-16(9-12)25(23,24)22-15-7-8-17(20-11-15)21-14-5-2-4-13(19)10-14/h1-11,22H,(H,20,21). The molecule has 0 radical (unpaired) electrons. The van der Waals surface area contributed by atoms with Crippen LogP contribution in [0.5, 0.6) is 0 Å². The van der Waals surface area contributed by atoms with Gasteiger partial charge in [-0.1, -0.05) is 23.7 Å². The summed E-state index contributed by atoms with van der Waals surface area (Å²) in [5.41, 5.74) is 0.838. The van der Waals surface area contributed by atoms with Gasteiger partial charge in [0.05, 0.1) is 16.8 Å². The number of benzene rings is 2. The Morgan fingerprint density at radius 3 is 2.44 bits per heavy atom. The highest BCUT2D eigenvalue weighted by atomic mass is 35.5. The van der Waals surface area contributed by atoms with E-state index in [1.807, 2.05) is 0 Å². The highest BCUT2D eigenvalue weighted by molar-refractivity contribution is 7.92. The normalized spacial score (nSPS) is 11.1. The van der Waals surface area contributed by atoms with E-state index >= 15 is 0 Å². The second kappa shape index (κ2) is 7.08. The average molecular weight is 378 g/mol. The summed E-state index contributed by atoms with van der Waals surface area (Å²) in [6.45, 7) is 0. The largest absolute Gasteiger partial charge is 0.340 e. The Kier molecular flexibility index (Phi) is 4.87. The van der Waals surface area contributed by atoms with Gasteiger partial charge in [-0.3, -0.25) is 4.72 Å². The molecule has 128 valence electrons. The van der Waals surface area contributed by atoms with Gasteiger partial charge < -0.3 is 5.32 Å². The van der Waals surface area contributed by atoms with Gasteiger partial charge in [0.2, 0.25) is 0 Å². The summed E-state index contributed by atoms with van der Waals surface area (Å²) in [5.74, 6) is 0.0900. The highest BCUT2D eigenvalue weighted by Gasteiger charge is 2.14. The summed E-state index contributed by atoms with van der Waals surface area (Å²) in [7, 11) is -3.76. The van der Waals surface area contributed by atoms with Crippen LogP contribution in [0, 0.1) is 5.82 Å². The van der Waals surface area contributed by atoms with Crippen LogP contribution in [0.3, 0.4) is 0 Å². The first-order valence-electron chi connectivity index (χ1n) is 7.19. The SMILES string of the molecule is O=S(=O)(Nc1ccc(Nc2cccc(F)c2)nc1)c1cccc(Cl)c1. The van der Waals surface area contributed by atoms with Crippen LogP contribution >= 0.6 is 11.6 Å². The highest BCUT2D eigenvalue weighted by Crippen LogP contribution is 2.21. The van der Waals surface area contributed by atoms with Gasteiger partial charge >= 0.3 is 0 Å². The minimum Gasteiger partial charge on any atom is -0.340 e. The van der Waals surface area contributed by atoms with Gasteiger partial charge in [-0.2, -0.15) is 0 Å². The molecule has 0 aliphatic rings. The van der Waals surface area contributed by atoms with Crippen LogP contribution in [0.2, 0.25) is 5.02 Å². The molecule has 8 heteroatoms. The first-order chi connectivity index (χ1) is 11.9. The first-order valence-corrected chi connectivity index (χ1v) is 9.05. The zero-order valence-corrected chi connectivity index (χ0v) is 14.4. The van der Waals surface area contributed by atoms with Crippen molar-refractivity contribution in [2.45, 2.75) is 4.90 Å². The second-order valence-electron chi connectivity index (χ2n) is 5.13. The number of pyridine rings is 1. The third-order valence-corrected chi connectivity index (χ3v) is 4.83. The molecule has 1 aromatic heterocycles. The Hall–Kier alpha value is -2.64. The molecule has 2 aromatic carbocycles. The van der Waals surface area contributed by atoms with E-state index in [9.17, 15) is 12.8 Å². The van der Waals surface area contributed by atoms with E-state index in [2.05, 4.69) is 15.0 Å². The number of halogens is 2. The van der Waals surface area contributed by atoms with Crippen molar-refractivity contribution in [2.75, 3.05) is 10.0 Å². The van der Waals surface area contributed by atoms with Crippen LogP contribution in [0.15, 0.2) is 71.8 Å². The van der Waals surface area contributed by atoms with Gasteiger partial charge in [0.25, 0.3) is 10.0 Å². The van der Waals surface area contributed by atoms with Crippen molar-refractivity contribution in [3.8, 4) is 0 Å². The molecule has 2 N–H and O–H groups in total. The van der Waals surface area contributed by atoms with Crippen molar-refractivity contribution in [3.63, 3.8) is 0 Å². The lowest BCUT2D eigenvalue weighted by Gasteiger charge is -2.09. The molecule has 3 aromatic rings. The molecule has 0 spiro atoms. The molecule has 25 heavy (non-hydrogen) atoms. The van der Waals surface area contributed by atoms with Gasteiger partial charge in [0.1, 0.15) is 11.6 Å². The summed E-state index contributed by atoms with van der Waals surface area (Å²) in [5, 5.41) is 3.26. The predicted molar refractivity (Wildman–Crippen MR) is 96.2 cm³/mol. The maximum Gasteiger partial charge on any atom is 0.261 e. The molecule has 0 unspecified atom stereocenters. The zero-order valence-electron chi connectivity index (χ0n) is 12.8. The predicted octanol–water partition coefficient (Wildman–Crippen LogP) is 4.42. The quantitative estimate of drug-likeness (QED) is 0.690. The van der Waals surface area contributed by atoms with Crippen molar-refractivity contribution in [1.29, 1.82) is 0 Å². The molecular weight excluding hydrogens is 365 g/mol. The number of sulfonamides is 1. The van der Waals surface area contributed by atoms with Crippen molar-refractivity contribution in [2.24, 2.45) is 0 Å². The van der Waals surface area contributed by atoms with E-state index in [1.165, 1.54) is 30.5 Å². The fourth-order valence-corrected chi connectivity index (χ4v) is 3.43. The van der Waals surface area contributed by atoms with Gasteiger partial charge in [-0.15, -0.1) is 0 Å². The smallest absolute Gasteiger partial charge is 0.261 e. The Morgan fingerprint density at radius 1 is 0.960 bits per heavy atom. The Balaban J connectivity index is 1.74. The van der Waals surface area contributed by atoms with Crippen LogP contribution in [0.4, 0.5) is 21.6 Å². The number of aromatic nitrogens is 1. The lowest BCUT2D eigenvalue weighted by Crippen LogP contribution is -2.13. The van der Waals surface area contributed by atoms with E-state index < -0.39 is 10.0 Å². The monoisotopic (exact) mass is 377 g/mol. The van der Waals surface area contributed by atoms with Crippen molar-refractivity contribution < 1.29 is 12.8 Å². The van der Waals surface area contributed by atoms with Crippen molar-refractivity contribution in [3.05, 3.63) is 77.7 Å². The van der Waals surface area contributed by atoms with Crippen LogP contribution in [0.1, 0.15) is 0 Å². The maximum absolute atomic E-state index is 13.2. The number of nitrogens with zero attached hydrogens (tertiary/aromatic N) is 1. The molecule has 0 bridgehead atoms. The van der Waals surface area contributed by atoms with Gasteiger partial charge in [-0.05, 0) is 48.5 Å². The third-order valence-electron chi connectivity index (χ3n) is 3.22. The summed E-state index contributed by atoms with van der Waals surface area (Å²) >= 11 is 5.82. The molecule has 1 heterocycles. The minimum absolute atomic E-state index is 0.0574. The van der Waals surface area contributed by atoms with E-state index in [-0.39, 0.29) is 10.7 Å². The molecule has 0 atom stereocenters. The zero-order chi connectivity index (χ0) is 17.9. The Bertz CT molecular complexity index is 995. The summed E-state index contributed by atoms with van der Waals surface area (Å²) < 4.78 is 40.2.